The number of likely N-dealkylation sites (tertiary alicyclic amines) is 2. The third-order valence-electron chi connectivity index (χ3n) is 6.45. The highest BCUT2D eigenvalue weighted by Gasteiger charge is 2.28. The number of halogens is 1. The van der Waals surface area contributed by atoms with Crippen LogP contribution in [-0.4, -0.2) is 72.6 Å². The molecule has 2 aliphatic rings. The number of rotatable bonds is 5. The largest absolute Gasteiger partial charge is 0.444 e. The zero-order valence-electron chi connectivity index (χ0n) is 22.6. The molecule has 0 aromatic heterocycles. The Bertz CT molecular complexity index is 1030. The van der Waals surface area contributed by atoms with Gasteiger partial charge in [-0.25, -0.2) is 4.79 Å². The molecule has 0 aliphatic carbocycles. The number of nitrogens with zero attached hydrogens (tertiary/aromatic N) is 2. The molecule has 0 bridgehead atoms. The average Bonchev–Trinajstić information content (AvgIpc) is 3.57. The number of carbonyl (C=O) groups is 3. The molecule has 2 fully saturated rings. The second kappa shape index (κ2) is 14.7. The minimum atomic E-state index is -0.491. The Labute approximate surface area is 232 Å². The maximum Gasteiger partial charge on any atom is 0.407 e. The Balaban J connectivity index is 0.000000277. The molecule has 2 heterocycles. The summed E-state index contributed by atoms with van der Waals surface area (Å²) in [5.41, 5.74) is 6.59. The summed E-state index contributed by atoms with van der Waals surface area (Å²) in [7, 11) is 0. The smallest absolute Gasteiger partial charge is 0.407 e. The first kappa shape index (κ1) is 31.1. The van der Waals surface area contributed by atoms with Crippen LogP contribution in [0.4, 0.5) is 4.79 Å². The van der Waals surface area contributed by atoms with Crippen LogP contribution in [0.25, 0.3) is 0 Å². The third-order valence-corrected chi connectivity index (χ3v) is 6.45. The van der Waals surface area contributed by atoms with Gasteiger partial charge < -0.3 is 25.6 Å². The van der Waals surface area contributed by atoms with E-state index < -0.39 is 11.7 Å². The number of ether oxygens (including phenoxy) is 1. The number of amides is 3. The summed E-state index contributed by atoms with van der Waals surface area (Å²) in [6, 6.07) is 18.7. The molecule has 9 heteroatoms. The van der Waals surface area contributed by atoms with E-state index >= 15 is 0 Å². The summed E-state index contributed by atoms with van der Waals surface area (Å²) in [5.74, 6) is 0.949. The number of nitrogens with two attached hydrogens (primary N) is 1. The van der Waals surface area contributed by atoms with Crippen molar-refractivity contribution in [3.05, 3.63) is 71.8 Å². The molecule has 2 aromatic rings. The highest BCUT2D eigenvalue weighted by atomic mass is 35.5. The lowest BCUT2D eigenvalue weighted by atomic mass is 10.1. The Kier molecular flexibility index (Phi) is 12.1. The van der Waals surface area contributed by atoms with Crippen LogP contribution in [-0.2, 0) is 4.74 Å². The van der Waals surface area contributed by atoms with Gasteiger partial charge in [-0.15, -0.1) is 12.4 Å². The van der Waals surface area contributed by atoms with E-state index in [4.69, 9.17) is 10.5 Å². The fourth-order valence-corrected chi connectivity index (χ4v) is 4.46. The molecular formula is C29H41ClN4O4. The second-order valence-electron chi connectivity index (χ2n) is 10.7. The SMILES string of the molecule is CC(C)(C)OC(=O)NCC1CCN(C(=O)c2ccccc2)C1.Cl.NCC1CCN(C(=O)c2ccccc2)C1. The lowest BCUT2D eigenvalue weighted by molar-refractivity contribution is 0.0519. The van der Waals surface area contributed by atoms with Crippen molar-refractivity contribution >= 4 is 30.3 Å². The second-order valence-corrected chi connectivity index (χ2v) is 10.7. The topological polar surface area (TPSA) is 105 Å². The van der Waals surface area contributed by atoms with E-state index in [2.05, 4.69) is 5.32 Å². The molecule has 8 nitrogen and oxygen atoms in total. The van der Waals surface area contributed by atoms with E-state index in [-0.39, 0.29) is 30.1 Å². The Morgan fingerprint density at radius 3 is 1.71 bits per heavy atom. The highest BCUT2D eigenvalue weighted by molar-refractivity contribution is 5.94. The first-order valence-corrected chi connectivity index (χ1v) is 13.0. The third kappa shape index (κ3) is 9.65. The van der Waals surface area contributed by atoms with Crippen molar-refractivity contribution in [1.82, 2.24) is 15.1 Å². The van der Waals surface area contributed by atoms with Crippen molar-refractivity contribution < 1.29 is 19.1 Å². The number of carbonyl (C=O) groups excluding carboxylic acids is 3. The molecule has 3 amide bonds. The van der Waals surface area contributed by atoms with Gasteiger partial charge in [-0.05, 0) is 76.3 Å². The molecule has 0 spiro atoms. The van der Waals surface area contributed by atoms with Gasteiger partial charge in [-0.1, -0.05) is 36.4 Å². The Morgan fingerprint density at radius 2 is 1.29 bits per heavy atom. The van der Waals surface area contributed by atoms with Crippen molar-refractivity contribution in [2.24, 2.45) is 17.6 Å². The zero-order valence-corrected chi connectivity index (χ0v) is 23.4. The van der Waals surface area contributed by atoms with E-state index in [1.54, 1.807) is 0 Å². The van der Waals surface area contributed by atoms with Crippen LogP contribution in [0.15, 0.2) is 60.7 Å². The van der Waals surface area contributed by atoms with Crippen molar-refractivity contribution in [2.45, 2.75) is 39.2 Å². The van der Waals surface area contributed by atoms with Gasteiger partial charge in [0, 0.05) is 43.9 Å². The number of hydrogen-bond donors (Lipinski definition) is 2. The summed E-state index contributed by atoms with van der Waals surface area (Å²) in [6.45, 7) is 9.77. The van der Waals surface area contributed by atoms with Crippen molar-refractivity contribution in [2.75, 3.05) is 39.3 Å². The minimum Gasteiger partial charge on any atom is -0.444 e. The van der Waals surface area contributed by atoms with Crippen molar-refractivity contribution in [3.8, 4) is 0 Å². The monoisotopic (exact) mass is 544 g/mol. The van der Waals surface area contributed by atoms with Crippen LogP contribution in [0.5, 0.6) is 0 Å². The molecule has 2 aliphatic heterocycles. The molecule has 2 atom stereocenters. The zero-order chi connectivity index (χ0) is 26.8. The Hall–Kier alpha value is -3.10. The van der Waals surface area contributed by atoms with E-state index in [9.17, 15) is 14.4 Å². The molecule has 0 radical (unpaired) electrons. The number of hydrogen-bond acceptors (Lipinski definition) is 5. The fraction of sp³-hybridized carbons (Fsp3) is 0.483. The molecule has 2 aromatic carbocycles. The normalized spacial score (nSPS) is 18.6. The van der Waals surface area contributed by atoms with Gasteiger partial charge in [0.15, 0.2) is 0 Å². The minimum absolute atomic E-state index is 0. The van der Waals surface area contributed by atoms with Crippen LogP contribution >= 0.6 is 12.4 Å². The number of nitrogens with one attached hydrogen (secondary N) is 1. The van der Waals surface area contributed by atoms with Gasteiger partial charge in [-0.3, -0.25) is 9.59 Å². The summed E-state index contributed by atoms with van der Waals surface area (Å²) >= 11 is 0. The fourth-order valence-electron chi connectivity index (χ4n) is 4.46. The van der Waals surface area contributed by atoms with E-state index in [1.165, 1.54) is 0 Å². The molecule has 38 heavy (non-hydrogen) atoms. The number of benzene rings is 2. The van der Waals surface area contributed by atoms with Crippen molar-refractivity contribution in [3.63, 3.8) is 0 Å². The predicted molar refractivity (Wildman–Crippen MR) is 151 cm³/mol. The van der Waals surface area contributed by atoms with E-state index in [1.807, 2.05) is 91.2 Å². The van der Waals surface area contributed by atoms with Gasteiger partial charge in [-0.2, -0.15) is 0 Å². The average molecular weight is 545 g/mol. The molecule has 2 unspecified atom stereocenters. The summed E-state index contributed by atoms with van der Waals surface area (Å²) in [5, 5.41) is 2.78. The quantitative estimate of drug-likeness (QED) is 0.587. The van der Waals surface area contributed by atoms with Gasteiger partial charge in [0.1, 0.15) is 5.60 Å². The first-order valence-electron chi connectivity index (χ1n) is 13.0. The van der Waals surface area contributed by atoms with Gasteiger partial charge >= 0.3 is 6.09 Å². The summed E-state index contributed by atoms with van der Waals surface area (Å²) in [6.07, 6.45) is 1.53. The lowest BCUT2D eigenvalue weighted by Crippen LogP contribution is -2.36. The maximum atomic E-state index is 12.3. The van der Waals surface area contributed by atoms with E-state index in [0.29, 0.717) is 31.1 Å². The molecule has 0 saturated carbocycles. The molecule has 4 rings (SSSR count). The predicted octanol–water partition coefficient (Wildman–Crippen LogP) is 4.20. The maximum absolute atomic E-state index is 12.3. The summed E-state index contributed by atoms with van der Waals surface area (Å²) in [4.78, 5) is 39.7. The Morgan fingerprint density at radius 1 is 0.842 bits per heavy atom. The highest BCUT2D eigenvalue weighted by Crippen LogP contribution is 2.19. The van der Waals surface area contributed by atoms with Crippen LogP contribution < -0.4 is 11.1 Å². The molecule has 208 valence electrons. The summed E-state index contributed by atoms with van der Waals surface area (Å²) < 4.78 is 5.21. The first-order chi connectivity index (χ1) is 17.7. The molecule has 3 N–H and O–H groups in total. The number of alkyl carbamates (subject to hydrolysis) is 1. The van der Waals surface area contributed by atoms with Gasteiger partial charge in [0.05, 0.1) is 0 Å². The van der Waals surface area contributed by atoms with Crippen molar-refractivity contribution in [1.29, 1.82) is 0 Å². The molecule has 2 saturated heterocycles. The standard InChI is InChI=1S/C17H24N2O3.C12H16N2O.ClH/c1-17(2,3)22-16(21)18-11-13-9-10-19(12-13)15(20)14-7-5-4-6-8-14;13-8-10-6-7-14(9-10)12(15)11-4-2-1-3-5-11;/h4-8,13H,9-12H2,1-3H3,(H,18,21);1-5,10H,6-9,13H2;1H. The van der Waals surface area contributed by atoms with Gasteiger partial charge in [0.25, 0.3) is 11.8 Å². The van der Waals surface area contributed by atoms with Crippen LogP contribution in [0.3, 0.4) is 0 Å². The van der Waals surface area contributed by atoms with Crippen LogP contribution in [0.2, 0.25) is 0 Å². The van der Waals surface area contributed by atoms with Crippen LogP contribution in [0.1, 0.15) is 54.3 Å². The lowest BCUT2D eigenvalue weighted by Gasteiger charge is -2.21. The van der Waals surface area contributed by atoms with Gasteiger partial charge in [0.2, 0.25) is 0 Å². The van der Waals surface area contributed by atoms with E-state index in [0.717, 1.165) is 38.0 Å². The van der Waals surface area contributed by atoms with Crippen LogP contribution in [0, 0.1) is 11.8 Å². The molecular weight excluding hydrogens is 504 g/mol.